The minimum absolute atomic E-state index is 0.197. The molecule has 0 saturated heterocycles. The summed E-state index contributed by atoms with van der Waals surface area (Å²) in [5, 5.41) is 0. The molecule has 2 N–H and O–H groups in total. The van der Waals surface area contributed by atoms with E-state index in [2.05, 4.69) is 9.98 Å². The Balaban J connectivity index is 0.000000561. The smallest absolute Gasteiger partial charge is 0.153 e. The summed E-state index contributed by atoms with van der Waals surface area (Å²) in [4.78, 5) is 7.44. The highest BCUT2D eigenvalue weighted by molar-refractivity contribution is 5.56. The molecule has 0 aliphatic carbocycles. The third kappa shape index (κ3) is 4.08. The topological polar surface area (TPSA) is 51.3 Å². The van der Waals surface area contributed by atoms with Crippen molar-refractivity contribution in [1.82, 2.24) is 4.98 Å². The van der Waals surface area contributed by atoms with Gasteiger partial charge in [0.25, 0.3) is 0 Å². The lowest BCUT2D eigenvalue weighted by atomic mass is 10.5. The number of nitrogens with two attached hydrogens (primary N) is 1. The van der Waals surface area contributed by atoms with Gasteiger partial charge < -0.3 is 5.73 Å². The van der Waals surface area contributed by atoms with Crippen molar-refractivity contribution in [1.29, 1.82) is 0 Å². The number of hydrogen-bond acceptors (Lipinski definition) is 2. The molecule has 1 heterocycles. The standard InChI is InChI=1S/C6H7N3.C2H6/c7-5-9-6-3-1-2-4-8-6;1-2/h1-5H,(H2,7,8,9);1-2H3/i4T;. The zero-order valence-corrected chi connectivity index (χ0v) is 6.78. The third-order valence-electron chi connectivity index (χ3n) is 0.802. The number of nitrogens with zero attached hydrogens (tertiary/aromatic N) is 2. The number of rotatable bonds is 1. The van der Waals surface area contributed by atoms with Crippen LogP contribution >= 0.6 is 0 Å². The fourth-order valence-corrected chi connectivity index (χ4v) is 0.466. The van der Waals surface area contributed by atoms with Gasteiger partial charge in [-0.3, -0.25) is 0 Å². The molecule has 0 amide bonds. The first-order chi connectivity index (χ1) is 5.83. The minimum atomic E-state index is 0.197. The second-order valence-corrected chi connectivity index (χ2v) is 1.40. The average Bonchev–Trinajstić information content (AvgIpc) is 2.09. The molecule has 0 unspecified atom stereocenters. The van der Waals surface area contributed by atoms with Crippen LogP contribution < -0.4 is 5.73 Å². The van der Waals surface area contributed by atoms with Gasteiger partial charge in [-0.15, -0.1) is 0 Å². The van der Waals surface area contributed by atoms with Gasteiger partial charge in [0.1, 0.15) is 0 Å². The van der Waals surface area contributed by atoms with Gasteiger partial charge in [0.05, 0.1) is 7.71 Å². The van der Waals surface area contributed by atoms with Crippen molar-refractivity contribution in [2.45, 2.75) is 13.8 Å². The van der Waals surface area contributed by atoms with Crippen LogP contribution in [0, 0.1) is 0 Å². The first-order valence-electron chi connectivity index (χ1n) is 4.01. The van der Waals surface area contributed by atoms with E-state index in [4.69, 9.17) is 7.10 Å². The Morgan fingerprint density at radius 3 is 2.91 bits per heavy atom. The Kier molecular flexibility index (Phi) is 4.73. The number of aromatic nitrogens is 1. The molecule has 1 aromatic heterocycles. The van der Waals surface area contributed by atoms with Crippen LogP contribution in [0.5, 0.6) is 0 Å². The van der Waals surface area contributed by atoms with E-state index in [9.17, 15) is 0 Å². The first kappa shape index (κ1) is 7.72. The highest BCUT2D eigenvalue weighted by Crippen LogP contribution is 2.01. The van der Waals surface area contributed by atoms with Crippen molar-refractivity contribution in [3.05, 3.63) is 24.4 Å². The summed E-state index contributed by atoms with van der Waals surface area (Å²) in [6.07, 6.45) is 1.35. The van der Waals surface area contributed by atoms with Crippen LogP contribution in [0.2, 0.25) is 0 Å². The van der Waals surface area contributed by atoms with Gasteiger partial charge in [0.15, 0.2) is 5.82 Å². The molecule has 0 radical (unpaired) electrons. The number of hydrogen-bond donors (Lipinski definition) is 1. The fraction of sp³-hybridized carbons (Fsp3) is 0.250. The lowest BCUT2D eigenvalue weighted by Gasteiger charge is -1.85. The van der Waals surface area contributed by atoms with Gasteiger partial charge >= 0.3 is 0 Å². The van der Waals surface area contributed by atoms with Gasteiger partial charge in [-0.05, 0) is 12.1 Å². The van der Waals surface area contributed by atoms with Crippen LogP contribution in [0.3, 0.4) is 0 Å². The molecule has 1 rings (SSSR count). The summed E-state index contributed by atoms with van der Waals surface area (Å²) >= 11 is 0. The van der Waals surface area contributed by atoms with Crippen LogP contribution in [-0.4, -0.2) is 11.3 Å². The molecule has 0 saturated carbocycles. The molecule has 0 aliphatic heterocycles. The van der Waals surface area contributed by atoms with Crippen LogP contribution in [0.15, 0.2) is 29.4 Å². The summed E-state index contributed by atoms with van der Waals surface area (Å²) < 4.78 is 7.09. The summed E-state index contributed by atoms with van der Waals surface area (Å²) in [5.41, 5.74) is 5.02. The maximum atomic E-state index is 7.09. The van der Waals surface area contributed by atoms with Gasteiger partial charge in [-0.1, -0.05) is 19.9 Å². The molecule has 1 aromatic rings. The normalized spacial score (nSPS) is 10.2. The zero-order valence-electron chi connectivity index (χ0n) is 7.78. The third-order valence-corrected chi connectivity index (χ3v) is 0.802. The van der Waals surface area contributed by atoms with E-state index < -0.39 is 0 Å². The van der Waals surface area contributed by atoms with Crippen LogP contribution in [0.1, 0.15) is 15.2 Å². The lowest BCUT2D eigenvalue weighted by Crippen LogP contribution is -1.86. The quantitative estimate of drug-likeness (QED) is 0.493. The Hall–Kier alpha value is -1.38. The van der Waals surface area contributed by atoms with E-state index in [0.717, 1.165) is 6.34 Å². The second-order valence-electron chi connectivity index (χ2n) is 1.40. The van der Waals surface area contributed by atoms with E-state index in [-0.39, 0.29) is 6.17 Å². The average molecular weight is 153 g/mol. The second kappa shape index (κ2) is 6.74. The lowest BCUT2D eigenvalue weighted by molar-refractivity contribution is 1.28. The monoisotopic (exact) mass is 153 g/mol. The first-order valence-corrected chi connectivity index (χ1v) is 3.51. The van der Waals surface area contributed by atoms with Crippen molar-refractivity contribution in [2.24, 2.45) is 10.7 Å². The van der Waals surface area contributed by atoms with Crippen LogP contribution in [0.25, 0.3) is 0 Å². The molecule has 0 bridgehead atoms. The van der Waals surface area contributed by atoms with Crippen molar-refractivity contribution in [2.75, 3.05) is 0 Å². The molecule has 3 heteroatoms. The van der Waals surface area contributed by atoms with E-state index in [1.165, 1.54) is 0 Å². The summed E-state index contributed by atoms with van der Waals surface area (Å²) in [7, 11) is 0. The van der Waals surface area contributed by atoms with E-state index >= 15 is 0 Å². The Morgan fingerprint density at radius 2 is 2.36 bits per heavy atom. The Bertz CT molecular complexity index is 248. The molecule has 3 nitrogen and oxygen atoms in total. The van der Waals surface area contributed by atoms with Crippen molar-refractivity contribution in [3.63, 3.8) is 0 Å². The molecule has 0 aliphatic rings. The maximum Gasteiger partial charge on any atom is 0.153 e. The Morgan fingerprint density at radius 1 is 1.64 bits per heavy atom. The summed E-state index contributed by atoms with van der Waals surface area (Å²) in [6.45, 7) is 4.00. The summed E-state index contributed by atoms with van der Waals surface area (Å²) in [5.74, 6) is 0.468. The molecule has 0 spiro atoms. The van der Waals surface area contributed by atoms with E-state index in [1.54, 1.807) is 18.2 Å². The zero-order chi connectivity index (χ0) is 9.40. The van der Waals surface area contributed by atoms with Crippen molar-refractivity contribution in [3.8, 4) is 0 Å². The fourth-order valence-electron chi connectivity index (χ4n) is 0.466. The van der Waals surface area contributed by atoms with Crippen molar-refractivity contribution < 1.29 is 1.37 Å². The van der Waals surface area contributed by atoms with Gasteiger partial charge in [-0.2, -0.15) is 0 Å². The van der Waals surface area contributed by atoms with E-state index in [1.807, 2.05) is 13.8 Å². The highest BCUT2D eigenvalue weighted by atomic mass is 14.9. The minimum Gasteiger partial charge on any atom is -0.390 e. The Labute approximate surface area is 68.4 Å². The van der Waals surface area contributed by atoms with Gasteiger partial charge in [0.2, 0.25) is 0 Å². The van der Waals surface area contributed by atoms with Crippen molar-refractivity contribution >= 4 is 12.2 Å². The maximum absolute atomic E-state index is 7.09. The predicted molar refractivity (Wildman–Crippen MR) is 47.9 cm³/mol. The predicted octanol–water partition coefficient (Wildman–Crippen LogP) is 1.73. The molecule has 0 aromatic carbocycles. The summed E-state index contributed by atoms with van der Waals surface area (Å²) in [6, 6.07) is 4.97. The molecular weight excluding hydrogens is 138 g/mol. The van der Waals surface area contributed by atoms with E-state index in [0.29, 0.717) is 5.82 Å². The highest BCUT2D eigenvalue weighted by Gasteiger charge is 1.80. The number of aliphatic imine (C=N–C) groups is 1. The number of pyridine rings is 1. The molecular formula is C8H13N3. The largest absolute Gasteiger partial charge is 0.390 e. The van der Waals surface area contributed by atoms with Gasteiger partial charge in [-0.25, -0.2) is 9.98 Å². The SMILES string of the molecule is CC.[3H]c1cccc(N=CN)n1. The molecule has 11 heavy (non-hydrogen) atoms. The molecule has 0 atom stereocenters. The van der Waals surface area contributed by atoms with Gasteiger partial charge in [0, 0.05) is 6.17 Å². The molecule has 60 valence electrons. The van der Waals surface area contributed by atoms with Crippen LogP contribution in [0.4, 0.5) is 5.82 Å². The van der Waals surface area contributed by atoms with Crippen LogP contribution in [-0.2, 0) is 0 Å². The molecule has 0 fully saturated rings.